The standard InChI is InChI=1S/C18H23NO/c1-13-5-6-16-10-17(8-7-15(16)9-13)18(3,4)12-19-11-14(2)20/h5-10,19H,11-12H2,1-4H3. The topological polar surface area (TPSA) is 29.1 Å². The molecular formula is C18H23NO. The van der Waals surface area contributed by atoms with Gasteiger partial charge in [0.15, 0.2) is 0 Å². The summed E-state index contributed by atoms with van der Waals surface area (Å²) in [6.45, 7) is 9.37. The van der Waals surface area contributed by atoms with Crippen molar-refractivity contribution in [3.05, 3.63) is 47.5 Å². The molecule has 0 aromatic heterocycles. The predicted molar refractivity (Wildman–Crippen MR) is 85.3 cm³/mol. The number of benzene rings is 2. The fourth-order valence-electron chi connectivity index (χ4n) is 2.44. The largest absolute Gasteiger partial charge is 0.309 e. The van der Waals surface area contributed by atoms with Crippen molar-refractivity contribution in [3.63, 3.8) is 0 Å². The molecule has 0 heterocycles. The average Bonchev–Trinajstić information content (AvgIpc) is 2.37. The summed E-state index contributed by atoms with van der Waals surface area (Å²) in [7, 11) is 0. The van der Waals surface area contributed by atoms with Crippen LogP contribution in [0.25, 0.3) is 10.8 Å². The molecule has 1 N–H and O–H groups in total. The maximum Gasteiger partial charge on any atom is 0.143 e. The summed E-state index contributed by atoms with van der Waals surface area (Å²) in [5, 5.41) is 5.78. The molecule has 0 fully saturated rings. The Bertz CT molecular complexity index is 628. The normalized spacial score (nSPS) is 11.8. The first-order chi connectivity index (χ1) is 9.38. The minimum absolute atomic E-state index is 0.00846. The maximum absolute atomic E-state index is 11.0. The number of fused-ring (bicyclic) bond motifs is 1. The highest BCUT2D eigenvalue weighted by molar-refractivity contribution is 5.84. The highest BCUT2D eigenvalue weighted by atomic mass is 16.1. The zero-order chi connectivity index (χ0) is 14.8. The zero-order valence-corrected chi connectivity index (χ0v) is 12.8. The number of aryl methyl sites for hydroxylation is 1. The number of ketones is 1. The van der Waals surface area contributed by atoms with Crippen LogP contribution in [0.15, 0.2) is 36.4 Å². The third kappa shape index (κ3) is 3.45. The van der Waals surface area contributed by atoms with E-state index < -0.39 is 0 Å². The minimum atomic E-state index is 0.00846. The number of carbonyl (C=O) groups excluding carboxylic acids is 1. The van der Waals surface area contributed by atoms with Crippen LogP contribution in [0.5, 0.6) is 0 Å². The molecule has 0 aliphatic heterocycles. The van der Waals surface area contributed by atoms with Crippen LogP contribution in [-0.2, 0) is 10.2 Å². The van der Waals surface area contributed by atoms with Gasteiger partial charge in [0.25, 0.3) is 0 Å². The van der Waals surface area contributed by atoms with E-state index in [0.29, 0.717) is 6.54 Å². The molecule has 106 valence electrons. The quantitative estimate of drug-likeness (QED) is 0.898. The first-order valence-corrected chi connectivity index (χ1v) is 7.09. The van der Waals surface area contributed by atoms with Gasteiger partial charge in [-0.05, 0) is 30.2 Å². The van der Waals surface area contributed by atoms with Crippen LogP contribution >= 0.6 is 0 Å². The van der Waals surface area contributed by atoms with Gasteiger partial charge in [0.05, 0.1) is 6.54 Å². The second-order valence-corrected chi connectivity index (χ2v) is 6.25. The van der Waals surface area contributed by atoms with Gasteiger partial charge in [-0.1, -0.05) is 55.8 Å². The maximum atomic E-state index is 11.0. The van der Waals surface area contributed by atoms with Crippen molar-refractivity contribution in [3.8, 4) is 0 Å². The minimum Gasteiger partial charge on any atom is -0.309 e. The molecule has 0 bridgehead atoms. The Morgan fingerprint density at radius 3 is 2.45 bits per heavy atom. The second-order valence-electron chi connectivity index (χ2n) is 6.25. The fourth-order valence-corrected chi connectivity index (χ4v) is 2.44. The molecule has 0 aliphatic rings. The molecule has 0 aliphatic carbocycles. The first kappa shape index (κ1) is 14.7. The van der Waals surface area contributed by atoms with Gasteiger partial charge in [0.1, 0.15) is 5.78 Å². The molecule has 2 aromatic carbocycles. The summed E-state index contributed by atoms with van der Waals surface area (Å²) in [5.74, 6) is 0.176. The Labute approximate surface area is 121 Å². The molecule has 0 saturated carbocycles. The van der Waals surface area contributed by atoms with Crippen LogP contribution in [0.2, 0.25) is 0 Å². The Morgan fingerprint density at radius 1 is 1.10 bits per heavy atom. The smallest absolute Gasteiger partial charge is 0.143 e. The highest BCUT2D eigenvalue weighted by Crippen LogP contribution is 2.26. The van der Waals surface area contributed by atoms with Crippen molar-refractivity contribution < 1.29 is 4.79 Å². The molecule has 20 heavy (non-hydrogen) atoms. The van der Waals surface area contributed by atoms with Gasteiger partial charge < -0.3 is 5.32 Å². The summed E-state index contributed by atoms with van der Waals surface area (Å²) in [4.78, 5) is 11.0. The molecule has 0 atom stereocenters. The lowest BCUT2D eigenvalue weighted by Crippen LogP contribution is -2.35. The molecular weight excluding hydrogens is 246 g/mol. The van der Waals surface area contributed by atoms with Gasteiger partial charge in [-0.3, -0.25) is 4.79 Å². The highest BCUT2D eigenvalue weighted by Gasteiger charge is 2.20. The number of nitrogens with one attached hydrogen (secondary N) is 1. The zero-order valence-electron chi connectivity index (χ0n) is 12.8. The first-order valence-electron chi connectivity index (χ1n) is 7.09. The number of Topliss-reactive ketones (excluding diaryl/α,β-unsaturated/α-hetero) is 1. The van der Waals surface area contributed by atoms with E-state index in [1.54, 1.807) is 6.92 Å². The summed E-state index contributed by atoms with van der Waals surface area (Å²) in [6.07, 6.45) is 0. The van der Waals surface area contributed by atoms with E-state index in [2.05, 4.69) is 62.5 Å². The summed E-state index contributed by atoms with van der Waals surface area (Å²) < 4.78 is 0. The van der Waals surface area contributed by atoms with E-state index in [9.17, 15) is 4.79 Å². The van der Waals surface area contributed by atoms with Gasteiger partial charge in [0, 0.05) is 12.0 Å². The van der Waals surface area contributed by atoms with Gasteiger partial charge in [-0.15, -0.1) is 0 Å². The number of rotatable bonds is 5. The van der Waals surface area contributed by atoms with Gasteiger partial charge in [-0.2, -0.15) is 0 Å². The van der Waals surface area contributed by atoms with E-state index in [-0.39, 0.29) is 11.2 Å². The number of carbonyl (C=O) groups is 1. The van der Waals surface area contributed by atoms with Crippen LogP contribution in [-0.4, -0.2) is 18.9 Å². The summed E-state index contributed by atoms with van der Waals surface area (Å²) in [5.41, 5.74) is 2.59. The van der Waals surface area contributed by atoms with Gasteiger partial charge >= 0.3 is 0 Å². The summed E-state index contributed by atoms with van der Waals surface area (Å²) in [6, 6.07) is 13.2. The molecule has 0 spiro atoms. The van der Waals surface area contributed by atoms with E-state index >= 15 is 0 Å². The van der Waals surface area contributed by atoms with Crippen molar-refractivity contribution >= 4 is 16.6 Å². The lowest BCUT2D eigenvalue weighted by molar-refractivity contribution is -0.116. The van der Waals surface area contributed by atoms with Crippen molar-refractivity contribution in [1.29, 1.82) is 0 Å². The van der Waals surface area contributed by atoms with Crippen molar-refractivity contribution in [2.24, 2.45) is 0 Å². The van der Waals surface area contributed by atoms with Gasteiger partial charge in [0.2, 0.25) is 0 Å². The van der Waals surface area contributed by atoms with Crippen LogP contribution < -0.4 is 5.32 Å². The molecule has 2 aromatic rings. The van der Waals surface area contributed by atoms with E-state index in [1.165, 1.54) is 21.9 Å². The molecule has 2 heteroatoms. The molecule has 0 saturated heterocycles. The van der Waals surface area contributed by atoms with Crippen molar-refractivity contribution in [2.75, 3.05) is 13.1 Å². The third-order valence-electron chi connectivity index (χ3n) is 3.72. The molecule has 0 amide bonds. The Hall–Kier alpha value is -1.67. The summed E-state index contributed by atoms with van der Waals surface area (Å²) >= 11 is 0. The monoisotopic (exact) mass is 269 g/mol. The Morgan fingerprint density at radius 2 is 1.75 bits per heavy atom. The fraction of sp³-hybridized carbons (Fsp3) is 0.389. The van der Waals surface area contributed by atoms with Crippen LogP contribution in [0, 0.1) is 6.92 Å². The van der Waals surface area contributed by atoms with Crippen LogP contribution in [0.1, 0.15) is 31.9 Å². The lowest BCUT2D eigenvalue weighted by atomic mass is 9.83. The van der Waals surface area contributed by atoms with Crippen LogP contribution in [0.4, 0.5) is 0 Å². The van der Waals surface area contributed by atoms with Crippen molar-refractivity contribution in [2.45, 2.75) is 33.1 Å². The molecule has 0 unspecified atom stereocenters. The van der Waals surface area contributed by atoms with E-state index in [4.69, 9.17) is 0 Å². The lowest BCUT2D eigenvalue weighted by Gasteiger charge is -2.26. The molecule has 2 nitrogen and oxygen atoms in total. The van der Waals surface area contributed by atoms with E-state index in [0.717, 1.165) is 6.54 Å². The molecule has 0 radical (unpaired) electrons. The van der Waals surface area contributed by atoms with E-state index in [1.807, 2.05) is 0 Å². The third-order valence-corrected chi connectivity index (χ3v) is 3.72. The Kier molecular flexibility index (Phi) is 4.24. The second kappa shape index (κ2) is 5.76. The number of hydrogen-bond acceptors (Lipinski definition) is 2. The van der Waals surface area contributed by atoms with Crippen LogP contribution in [0.3, 0.4) is 0 Å². The Balaban J connectivity index is 2.22. The van der Waals surface area contributed by atoms with Crippen molar-refractivity contribution in [1.82, 2.24) is 5.32 Å². The SMILES string of the molecule is CC(=O)CNCC(C)(C)c1ccc2cc(C)ccc2c1. The average molecular weight is 269 g/mol. The van der Waals surface area contributed by atoms with Gasteiger partial charge in [-0.25, -0.2) is 0 Å². The molecule has 2 rings (SSSR count). The number of hydrogen-bond donors (Lipinski definition) is 1. The predicted octanol–water partition coefficient (Wildman–Crippen LogP) is 3.60.